The number of alkyl halides is 1. The van der Waals surface area contributed by atoms with E-state index in [0.717, 1.165) is 9.26 Å². The molecule has 3 aromatic carbocycles. The van der Waals surface area contributed by atoms with E-state index in [1.54, 1.807) is 46.0 Å². The maximum atomic E-state index is 13.1. The third kappa shape index (κ3) is 9.60. The quantitative estimate of drug-likeness (QED) is 0.331. The molecule has 4 nitrogen and oxygen atoms in total. The first-order chi connectivity index (χ1) is 15.9. The van der Waals surface area contributed by atoms with Gasteiger partial charge in [0.2, 0.25) is 0 Å². The van der Waals surface area contributed by atoms with Crippen molar-refractivity contribution in [3.05, 3.63) is 96.1 Å². The summed E-state index contributed by atoms with van der Waals surface area (Å²) in [4.78, 5) is 12.3. The van der Waals surface area contributed by atoms with Gasteiger partial charge in [-0.1, -0.05) is 67.0 Å². The van der Waals surface area contributed by atoms with Crippen LogP contribution in [0, 0.1) is 11.6 Å². The van der Waals surface area contributed by atoms with Crippen molar-refractivity contribution in [3.63, 3.8) is 0 Å². The number of likely N-dealkylation sites (tertiary alicyclic amines) is 1. The van der Waals surface area contributed by atoms with Gasteiger partial charge in [0.1, 0.15) is 11.6 Å². The molecule has 1 aliphatic heterocycles. The molecule has 3 aromatic rings. The monoisotopic (exact) mass is 542 g/mol. The Bertz CT molecular complexity index is 1010. The van der Waals surface area contributed by atoms with Gasteiger partial charge >= 0.3 is 66.0 Å². The number of para-hydroxylation sites is 1. The molecule has 0 radical (unpaired) electrons. The number of hydrogen-bond acceptors (Lipinski definition) is 2. The Hall–Kier alpha value is -2.16. The van der Waals surface area contributed by atoms with Crippen LogP contribution in [0.4, 0.5) is 13.6 Å². The van der Waals surface area contributed by atoms with Gasteiger partial charge in [-0.2, -0.15) is 0 Å². The zero-order valence-corrected chi connectivity index (χ0v) is 22.5. The van der Waals surface area contributed by atoms with Gasteiger partial charge in [-0.05, 0) is 29.8 Å². The van der Waals surface area contributed by atoms with Crippen LogP contribution in [0.15, 0.2) is 78.9 Å². The van der Waals surface area contributed by atoms with Crippen molar-refractivity contribution < 1.29 is 23.4 Å². The molecule has 0 bridgehead atoms. The predicted octanol–water partition coefficient (Wildman–Crippen LogP) is 5.89. The molecule has 1 amide bonds. The molecule has 0 aliphatic carbocycles. The zero-order chi connectivity index (χ0) is 25.4. The van der Waals surface area contributed by atoms with Crippen LogP contribution < -0.4 is 8.43 Å². The van der Waals surface area contributed by atoms with Crippen LogP contribution in [-0.2, 0) is 5.60 Å². The van der Waals surface area contributed by atoms with Crippen molar-refractivity contribution in [2.75, 3.05) is 13.1 Å². The number of carboxylic acid groups (broad SMARTS) is 1. The molecule has 176 valence electrons. The number of benzene rings is 3. The average Bonchev–Trinajstić information content (AvgIpc) is 2.73. The SMILES string of the molecule is CC(C)(C)Br.Fc1cc[c]([Mg+])cc1.O=C(O)N1CC(Oc2ccccc2)(c2ccc(F)cc2)C1. The van der Waals surface area contributed by atoms with Crippen molar-refractivity contribution in [2.45, 2.75) is 30.7 Å². The van der Waals surface area contributed by atoms with E-state index in [1.165, 1.54) is 29.2 Å². The van der Waals surface area contributed by atoms with Crippen LogP contribution in [0.2, 0.25) is 0 Å². The van der Waals surface area contributed by atoms with Crippen molar-refractivity contribution in [1.29, 1.82) is 0 Å². The Labute approximate surface area is 220 Å². The predicted molar refractivity (Wildman–Crippen MR) is 135 cm³/mol. The van der Waals surface area contributed by atoms with E-state index in [0.29, 0.717) is 10.1 Å². The van der Waals surface area contributed by atoms with Crippen LogP contribution >= 0.6 is 15.9 Å². The van der Waals surface area contributed by atoms with E-state index in [4.69, 9.17) is 9.84 Å². The number of halogens is 3. The molecule has 1 N–H and O–H groups in total. The first-order valence-corrected chi connectivity index (χ1v) is 12.1. The Balaban J connectivity index is 0.000000258. The number of carbonyl (C=O) groups is 1. The maximum absolute atomic E-state index is 13.1. The molecule has 0 aromatic heterocycles. The Morgan fingerprint density at radius 1 is 0.941 bits per heavy atom. The molecule has 0 atom stereocenters. The number of amides is 1. The summed E-state index contributed by atoms with van der Waals surface area (Å²) in [6, 6.07) is 21.6. The molecule has 0 saturated carbocycles. The molecule has 0 spiro atoms. The maximum Gasteiger partial charge on any atom is 0.407 e. The van der Waals surface area contributed by atoms with Crippen molar-refractivity contribution in [1.82, 2.24) is 4.90 Å². The molecule has 1 heterocycles. The molecule has 4 rings (SSSR count). The number of rotatable bonds is 3. The van der Waals surface area contributed by atoms with Crippen molar-refractivity contribution >= 4 is 47.4 Å². The van der Waals surface area contributed by atoms with Gasteiger partial charge in [-0.3, -0.25) is 4.90 Å². The van der Waals surface area contributed by atoms with Crippen LogP contribution in [0.5, 0.6) is 5.75 Å². The summed E-state index contributed by atoms with van der Waals surface area (Å²) in [6.45, 7) is 6.76. The second-order valence-electron chi connectivity index (χ2n) is 8.75. The van der Waals surface area contributed by atoms with E-state index < -0.39 is 11.7 Å². The fourth-order valence-corrected chi connectivity index (χ4v) is 3.20. The van der Waals surface area contributed by atoms with Gasteiger partial charge in [0, 0.05) is 4.32 Å². The van der Waals surface area contributed by atoms with Gasteiger partial charge in [0.05, 0.1) is 13.1 Å². The fraction of sp³-hybridized carbons (Fsp3) is 0.269. The van der Waals surface area contributed by atoms with Gasteiger partial charge in [-0.25, -0.2) is 9.18 Å². The first kappa shape index (κ1) is 28.1. The summed E-state index contributed by atoms with van der Waals surface area (Å²) < 4.78 is 32.6. The second-order valence-corrected chi connectivity index (χ2v) is 11.9. The van der Waals surface area contributed by atoms with Crippen molar-refractivity contribution in [2.24, 2.45) is 0 Å². The minimum absolute atomic E-state index is 0.166. The van der Waals surface area contributed by atoms with E-state index in [9.17, 15) is 13.6 Å². The van der Waals surface area contributed by atoms with Crippen LogP contribution in [-0.4, -0.2) is 55.2 Å². The summed E-state index contributed by atoms with van der Waals surface area (Å²) >= 11 is 5.12. The zero-order valence-electron chi connectivity index (χ0n) is 19.5. The fourth-order valence-electron chi connectivity index (χ4n) is 2.96. The summed E-state index contributed by atoms with van der Waals surface area (Å²) in [6.07, 6.45) is -0.982. The van der Waals surface area contributed by atoms with Crippen LogP contribution in [0.25, 0.3) is 0 Å². The van der Waals surface area contributed by atoms with Crippen LogP contribution in [0.3, 0.4) is 0 Å². The number of ether oxygens (including phenoxy) is 1. The third-order valence-electron chi connectivity index (χ3n) is 4.50. The largest absolute Gasteiger partial charge is 0.479 e. The molecule has 0 unspecified atom stereocenters. The Kier molecular flexibility index (Phi) is 10.3. The van der Waals surface area contributed by atoms with Gasteiger partial charge < -0.3 is 9.84 Å². The molecule has 8 heteroatoms. The second kappa shape index (κ2) is 12.5. The third-order valence-corrected chi connectivity index (χ3v) is 4.97. The minimum atomic E-state index is -0.982. The Morgan fingerprint density at radius 2 is 1.38 bits per heavy atom. The van der Waals surface area contributed by atoms with E-state index in [1.807, 2.05) is 30.3 Å². The molecular formula is C26H27BrF2MgNO3+. The molecule has 1 fully saturated rings. The minimum Gasteiger partial charge on any atom is -0.479 e. The van der Waals surface area contributed by atoms with E-state index >= 15 is 0 Å². The van der Waals surface area contributed by atoms with Crippen molar-refractivity contribution in [3.8, 4) is 5.75 Å². The normalized spacial score (nSPS) is 13.9. The molecule has 1 saturated heterocycles. The summed E-state index contributed by atoms with van der Waals surface area (Å²) in [5.41, 5.74) is 0.0122. The smallest absolute Gasteiger partial charge is 0.407 e. The van der Waals surface area contributed by atoms with Gasteiger partial charge in [-0.15, -0.1) is 0 Å². The Morgan fingerprint density at radius 3 is 1.79 bits per heavy atom. The number of hydrogen-bond donors (Lipinski definition) is 1. The van der Waals surface area contributed by atoms with E-state index in [2.05, 4.69) is 36.7 Å². The number of nitrogens with zero attached hydrogens (tertiary/aromatic N) is 1. The molecular weight excluding hydrogens is 516 g/mol. The van der Waals surface area contributed by atoms with Gasteiger partial charge in [0.15, 0.2) is 5.60 Å². The van der Waals surface area contributed by atoms with Gasteiger partial charge in [0.25, 0.3) is 0 Å². The van der Waals surface area contributed by atoms with Crippen LogP contribution in [0.1, 0.15) is 26.3 Å². The molecule has 34 heavy (non-hydrogen) atoms. The summed E-state index contributed by atoms with van der Waals surface area (Å²) in [5.74, 6) is 0.162. The topological polar surface area (TPSA) is 49.8 Å². The standard InChI is InChI=1S/C16H14FNO3.C6H4F.C4H9Br.Mg/c17-13-8-6-12(7-9-13)16(10-18(11-16)15(19)20)21-14-4-2-1-3-5-14;7-6-4-2-1-3-5-6;1-4(2,3)5;/h1-9H,10-11H2,(H,19,20);2-5H;1-3H3;/q;;;+1. The molecule has 1 aliphatic rings. The average molecular weight is 544 g/mol. The summed E-state index contributed by atoms with van der Waals surface area (Å²) in [7, 11) is 0. The first-order valence-electron chi connectivity index (χ1n) is 10.6. The van der Waals surface area contributed by atoms with E-state index in [-0.39, 0.29) is 24.7 Å². The summed E-state index contributed by atoms with van der Waals surface area (Å²) in [5, 5.41) is 9.03.